The topological polar surface area (TPSA) is 74.3 Å². The summed E-state index contributed by atoms with van der Waals surface area (Å²) >= 11 is 0. The second kappa shape index (κ2) is 5.72. The Balaban J connectivity index is 1.63. The van der Waals surface area contributed by atoms with Crippen molar-refractivity contribution in [3.63, 3.8) is 0 Å². The van der Waals surface area contributed by atoms with Crippen molar-refractivity contribution in [1.82, 2.24) is 19.9 Å². The second-order valence-corrected chi connectivity index (χ2v) is 6.09. The fraction of sp³-hybridized carbons (Fsp3) is 0.562. The van der Waals surface area contributed by atoms with Gasteiger partial charge in [0.2, 0.25) is 0 Å². The molecule has 0 saturated carbocycles. The van der Waals surface area contributed by atoms with Crippen molar-refractivity contribution in [1.29, 1.82) is 0 Å². The summed E-state index contributed by atoms with van der Waals surface area (Å²) in [6, 6.07) is 2.54. The van der Waals surface area contributed by atoms with Gasteiger partial charge in [-0.15, -0.1) is 0 Å². The van der Waals surface area contributed by atoms with Gasteiger partial charge in [0.15, 0.2) is 0 Å². The molecule has 2 unspecified atom stereocenters. The summed E-state index contributed by atoms with van der Waals surface area (Å²) in [5, 5.41) is 1.04. The van der Waals surface area contributed by atoms with E-state index < -0.39 is 0 Å². The number of H-pyrrole nitrogens is 1. The third-order valence-electron chi connectivity index (χ3n) is 4.92. The van der Waals surface area contributed by atoms with E-state index in [0.29, 0.717) is 12.6 Å². The van der Waals surface area contributed by atoms with E-state index in [9.17, 15) is 4.79 Å². The molecule has 0 bridgehead atoms. The predicted molar refractivity (Wildman–Crippen MR) is 86.4 cm³/mol. The maximum Gasteiger partial charge on any atom is 0.410 e. The van der Waals surface area contributed by atoms with Crippen LogP contribution in [0.2, 0.25) is 0 Å². The van der Waals surface area contributed by atoms with E-state index in [1.165, 1.54) is 0 Å². The van der Waals surface area contributed by atoms with Crippen molar-refractivity contribution >= 4 is 22.9 Å². The Hall–Kier alpha value is -2.31. The van der Waals surface area contributed by atoms with Crippen LogP contribution in [0.1, 0.15) is 26.2 Å². The zero-order valence-corrected chi connectivity index (χ0v) is 13.2. The molecule has 0 aliphatic carbocycles. The van der Waals surface area contributed by atoms with E-state index in [-0.39, 0.29) is 12.1 Å². The average Bonchev–Trinajstić information content (AvgIpc) is 3.21. The first-order valence-corrected chi connectivity index (χ1v) is 8.27. The Labute approximate surface area is 134 Å². The fourth-order valence-electron chi connectivity index (χ4n) is 3.97. The number of aromatic nitrogens is 3. The molecule has 2 aromatic heterocycles. The highest BCUT2D eigenvalue weighted by Gasteiger charge is 2.43. The van der Waals surface area contributed by atoms with E-state index in [0.717, 1.165) is 49.2 Å². The molecule has 1 amide bonds. The van der Waals surface area contributed by atoms with Crippen molar-refractivity contribution < 1.29 is 9.53 Å². The van der Waals surface area contributed by atoms with Crippen LogP contribution in [0.5, 0.6) is 0 Å². The van der Waals surface area contributed by atoms with Crippen LogP contribution in [-0.2, 0) is 4.74 Å². The van der Waals surface area contributed by atoms with Gasteiger partial charge in [-0.05, 0) is 32.3 Å². The first-order valence-electron chi connectivity index (χ1n) is 8.27. The fourth-order valence-corrected chi connectivity index (χ4v) is 3.97. The van der Waals surface area contributed by atoms with Gasteiger partial charge in [-0.2, -0.15) is 0 Å². The predicted octanol–water partition coefficient (Wildman–Crippen LogP) is 2.16. The van der Waals surface area contributed by atoms with Crippen molar-refractivity contribution in [2.45, 2.75) is 38.3 Å². The van der Waals surface area contributed by atoms with E-state index >= 15 is 0 Å². The molecule has 0 aromatic carbocycles. The van der Waals surface area contributed by atoms with Gasteiger partial charge in [0.05, 0.1) is 24.1 Å². The van der Waals surface area contributed by atoms with Crippen molar-refractivity contribution in [3.8, 4) is 0 Å². The largest absolute Gasteiger partial charge is 0.450 e. The minimum absolute atomic E-state index is 0.182. The maximum atomic E-state index is 12.2. The zero-order chi connectivity index (χ0) is 15.8. The number of anilines is 1. The van der Waals surface area contributed by atoms with Gasteiger partial charge in [0, 0.05) is 19.3 Å². The first kappa shape index (κ1) is 14.3. The number of nitrogens with zero attached hydrogens (tertiary/aromatic N) is 4. The zero-order valence-electron chi connectivity index (χ0n) is 13.2. The Morgan fingerprint density at radius 2 is 2.26 bits per heavy atom. The molecule has 2 aliphatic rings. The van der Waals surface area contributed by atoms with Crippen LogP contribution in [-0.4, -0.2) is 57.7 Å². The van der Waals surface area contributed by atoms with Gasteiger partial charge in [-0.25, -0.2) is 14.8 Å². The first-order chi connectivity index (χ1) is 11.3. The third-order valence-corrected chi connectivity index (χ3v) is 4.92. The summed E-state index contributed by atoms with van der Waals surface area (Å²) < 4.78 is 5.23. The summed E-state index contributed by atoms with van der Waals surface area (Å²) in [6.07, 6.45) is 6.35. The van der Waals surface area contributed by atoms with Crippen molar-refractivity contribution in [2.75, 3.05) is 24.6 Å². The van der Waals surface area contributed by atoms with Crippen molar-refractivity contribution in [3.05, 3.63) is 18.6 Å². The summed E-state index contributed by atoms with van der Waals surface area (Å²) in [5.74, 6) is 0.967. The number of fused-ring (bicyclic) bond motifs is 2. The number of hydrogen-bond acceptors (Lipinski definition) is 5. The van der Waals surface area contributed by atoms with Crippen LogP contribution < -0.4 is 4.90 Å². The Morgan fingerprint density at radius 1 is 1.35 bits per heavy atom. The highest BCUT2D eigenvalue weighted by molar-refractivity contribution is 5.87. The summed E-state index contributed by atoms with van der Waals surface area (Å²) in [6.45, 7) is 3.97. The lowest BCUT2D eigenvalue weighted by Gasteiger charge is -2.39. The molecule has 7 nitrogen and oxygen atoms in total. The standard InChI is InChI=1S/C16H21N5O2/c1-2-23-16(22)21-8-3-4-12-13(21)6-9-20(12)15-11-5-7-17-14(11)18-10-19-15/h5,7,10,12-13H,2-4,6,8-9H2,1H3,(H,17,18,19). The van der Waals surface area contributed by atoms with Crippen molar-refractivity contribution in [2.24, 2.45) is 0 Å². The molecule has 2 fully saturated rings. The molecule has 0 radical (unpaired) electrons. The molecular formula is C16H21N5O2. The maximum absolute atomic E-state index is 12.2. The minimum atomic E-state index is -0.182. The molecule has 23 heavy (non-hydrogen) atoms. The molecule has 2 saturated heterocycles. The highest BCUT2D eigenvalue weighted by atomic mass is 16.6. The molecule has 122 valence electrons. The molecule has 2 aromatic rings. The third kappa shape index (κ3) is 2.31. The number of aromatic amines is 1. The van der Waals surface area contributed by atoms with Crippen LogP contribution in [0, 0.1) is 0 Å². The molecule has 1 N–H and O–H groups in total. The highest BCUT2D eigenvalue weighted by Crippen LogP contribution is 2.36. The normalized spacial score (nSPS) is 24.0. The minimum Gasteiger partial charge on any atom is -0.450 e. The number of piperidine rings is 1. The number of rotatable bonds is 2. The number of likely N-dealkylation sites (tertiary alicyclic amines) is 1. The van der Waals surface area contributed by atoms with Gasteiger partial charge in [-0.1, -0.05) is 0 Å². The number of hydrogen-bond donors (Lipinski definition) is 1. The number of ether oxygens (including phenoxy) is 1. The molecule has 0 spiro atoms. The van der Waals surface area contributed by atoms with Crippen LogP contribution in [0.4, 0.5) is 10.6 Å². The quantitative estimate of drug-likeness (QED) is 0.919. The lowest BCUT2D eigenvalue weighted by molar-refractivity contribution is 0.0759. The molecule has 4 rings (SSSR count). The van der Waals surface area contributed by atoms with Crippen LogP contribution in [0.25, 0.3) is 11.0 Å². The Kier molecular flexibility index (Phi) is 3.55. The van der Waals surface area contributed by atoms with Crippen LogP contribution in [0.15, 0.2) is 18.6 Å². The number of carbonyl (C=O) groups excluding carboxylic acids is 1. The summed E-state index contributed by atoms with van der Waals surface area (Å²) in [4.78, 5) is 28.4. The monoisotopic (exact) mass is 315 g/mol. The molecule has 7 heteroatoms. The van der Waals surface area contributed by atoms with E-state index in [1.807, 2.05) is 24.1 Å². The SMILES string of the molecule is CCOC(=O)N1CCCC2C1CCN2c1ncnc2[nH]ccc12. The second-order valence-electron chi connectivity index (χ2n) is 6.09. The Bertz CT molecular complexity index is 715. The van der Waals surface area contributed by atoms with E-state index in [2.05, 4.69) is 19.9 Å². The number of nitrogens with one attached hydrogen (secondary N) is 1. The van der Waals surface area contributed by atoms with Gasteiger partial charge < -0.3 is 19.5 Å². The lowest BCUT2D eigenvalue weighted by Crippen LogP contribution is -2.52. The van der Waals surface area contributed by atoms with Gasteiger partial charge in [0.25, 0.3) is 0 Å². The lowest BCUT2D eigenvalue weighted by atomic mass is 9.97. The average molecular weight is 315 g/mol. The molecule has 2 aliphatic heterocycles. The van der Waals surface area contributed by atoms with Gasteiger partial charge >= 0.3 is 6.09 Å². The van der Waals surface area contributed by atoms with E-state index in [4.69, 9.17) is 4.74 Å². The van der Waals surface area contributed by atoms with Crippen LogP contribution >= 0.6 is 0 Å². The molecule has 4 heterocycles. The van der Waals surface area contributed by atoms with Gasteiger partial charge in [-0.3, -0.25) is 0 Å². The molecule has 2 atom stereocenters. The molecular weight excluding hydrogens is 294 g/mol. The van der Waals surface area contributed by atoms with Gasteiger partial charge in [0.1, 0.15) is 17.8 Å². The number of amides is 1. The summed E-state index contributed by atoms with van der Waals surface area (Å²) in [7, 11) is 0. The smallest absolute Gasteiger partial charge is 0.410 e. The Morgan fingerprint density at radius 3 is 3.13 bits per heavy atom. The summed E-state index contributed by atoms with van der Waals surface area (Å²) in [5.41, 5.74) is 0.858. The van der Waals surface area contributed by atoms with E-state index in [1.54, 1.807) is 6.33 Å². The van der Waals surface area contributed by atoms with Crippen LogP contribution in [0.3, 0.4) is 0 Å². The number of carbonyl (C=O) groups is 1.